The Labute approximate surface area is 69.0 Å². The Hall–Kier alpha value is -0.900. The van der Waals surface area contributed by atoms with Crippen molar-refractivity contribution in [3.63, 3.8) is 0 Å². The normalized spacial score (nSPS) is 16.5. The van der Waals surface area contributed by atoms with Crippen LogP contribution in [0.4, 0.5) is 0 Å². The van der Waals surface area contributed by atoms with Gasteiger partial charge in [-0.15, -0.1) is 11.8 Å². The molecule has 1 aliphatic heterocycles. The molecule has 0 N–H and O–H groups in total. The molecule has 0 fully saturated rings. The molecule has 0 unspecified atom stereocenters. The second-order valence-corrected chi connectivity index (χ2v) is 3.19. The van der Waals surface area contributed by atoms with Gasteiger partial charge in [-0.1, -0.05) is 0 Å². The van der Waals surface area contributed by atoms with Crippen molar-refractivity contribution in [1.82, 2.24) is 9.97 Å². The highest BCUT2D eigenvalue weighted by atomic mass is 32.2. The summed E-state index contributed by atoms with van der Waals surface area (Å²) < 4.78 is 0. The first kappa shape index (κ1) is 6.79. The Balaban J connectivity index is 2.29. The van der Waals surface area contributed by atoms with E-state index in [0.717, 1.165) is 23.2 Å². The molecular weight excluding hydrogens is 158 g/mol. The van der Waals surface area contributed by atoms with E-state index in [9.17, 15) is 0 Å². The molecule has 0 aromatic carbocycles. The van der Waals surface area contributed by atoms with Crippen molar-refractivity contribution >= 4 is 16.8 Å². The fourth-order valence-electron chi connectivity index (χ4n) is 0.880. The quantitative estimate of drug-likeness (QED) is 0.622. The molecule has 11 heavy (non-hydrogen) atoms. The zero-order valence-electron chi connectivity index (χ0n) is 5.90. The lowest BCUT2D eigenvalue weighted by Gasteiger charge is -1.94. The second-order valence-electron chi connectivity index (χ2n) is 2.11. The van der Waals surface area contributed by atoms with Crippen LogP contribution >= 0.6 is 11.8 Å². The molecule has 2 rings (SSSR count). The van der Waals surface area contributed by atoms with Crippen LogP contribution in [0.15, 0.2) is 23.5 Å². The smallest absolute Gasteiger partial charge is 0.184 e. The van der Waals surface area contributed by atoms with Crippen molar-refractivity contribution in [2.45, 2.75) is 0 Å². The molecule has 0 saturated carbocycles. The van der Waals surface area contributed by atoms with Gasteiger partial charge >= 0.3 is 0 Å². The van der Waals surface area contributed by atoms with Gasteiger partial charge < -0.3 is 0 Å². The molecule has 0 atom stereocenters. The lowest BCUT2D eigenvalue weighted by molar-refractivity contribution is 1.12. The maximum absolute atomic E-state index is 4.26. The molecule has 1 aromatic rings. The van der Waals surface area contributed by atoms with Crippen LogP contribution in [-0.4, -0.2) is 27.3 Å². The van der Waals surface area contributed by atoms with Crippen LogP contribution in [0.1, 0.15) is 5.82 Å². The van der Waals surface area contributed by atoms with Crippen molar-refractivity contribution in [2.24, 2.45) is 4.99 Å². The van der Waals surface area contributed by atoms with Gasteiger partial charge in [0.05, 0.1) is 0 Å². The van der Waals surface area contributed by atoms with Gasteiger partial charge in [-0.2, -0.15) is 0 Å². The van der Waals surface area contributed by atoms with E-state index >= 15 is 0 Å². The van der Waals surface area contributed by atoms with E-state index in [1.54, 1.807) is 24.2 Å². The predicted molar refractivity (Wildman–Crippen MR) is 45.9 cm³/mol. The van der Waals surface area contributed by atoms with E-state index in [1.165, 1.54) is 0 Å². The fourth-order valence-corrected chi connectivity index (χ4v) is 1.67. The van der Waals surface area contributed by atoms with Gasteiger partial charge in [0.2, 0.25) is 0 Å². The summed E-state index contributed by atoms with van der Waals surface area (Å²) in [6.07, 6.45) is 3.48. The van der Waals surface area contributed by atoms with Crippen LogP contribution in [0, 0.1) is 0 Å². The van der Waals surface area contributed by atoms with Crippen LogP contribution in [0.3, 0.4) is 0 Å². The van der Waals surface area contributed by atoms with Gasteiger partial charge in [-0.05, 0) is 6.07 Å². The molecule has 0 aliphatic carbocycles. The van der Waals surface area contributed by atoms with E-state index in [2.05, 4.69) is 15.0 Å². The minimum Gasteiger partial charge on any atom is -0.274 e. The standard InChI is InChI=1S/C7H7N3S/c1-2-8-6(9-3-1)7-10-4-5-11-7/h1-3H,4-5H2. The van der Waals surface area contributed by atoms with Crippen molar-refractivity contribution in [1.29, 1.82) is 0 Å². The Morgan fingerprint density at radius 2 is 2.09 bits per heavy atom. The molecule has 2 heterocycles. The molecule has 0 bridgehead atoms. The van der Waals surface area contributed by atoms with Crippen molar-refractivity contribution in [3.8, 4) is 0 Å². The van der Waals surface area contributed by atoms with Crippen LogP contribution in [0.5, 0.6) is 0 Å². The number of aliphatic imine (C=N–C) groups is 1. The van der Waals surface area contributed by atoms with Gasteiger partial charge in [0, 0.05) is 24.7 Å². The third-order valence-electron chi connectivity index (χ3n) is 1.34. The molecule has 3 nitrogen and oxygen atoms in total. The number of thioether (sulfide) groups is 1. The molecule has 0 saturated heterocycles. The molecule has 0 amide bonds. The highest BCUT2D eigenvalue weighted by molar-refractivity contribution is 8.14. The highest BCUT2D eigenvalue weighted by Crippen LogP contribution is 2.15. The summed E-state index contributed by atoms with van der Waals surface area (Å²) in [4.78, 5) is 12.5. The maximum atomic E-state index is 4.26. The number of rotatable bonds is 1. The summed E-state index contributed by atoms with van der Waals surface area (Å²) in [6, 6.07) is 1.81. The predicted octanol–water partition coefficient (Wildman–Crippen LogP) is 0.970. The number of hydrogen-bond acceptors (Lipinski definition) is 4. The minimum absolute atomic E-state index is 0.759. The first-order valence-corrected chi connectivity index (χ1v) is 4.40. The third-order valence-corrected chi connectivity index (χ3v) is 2.31. The Bertz CT molecular complexity index is 270. The summed E-state index contributed by atoms with van der Waals surface area (Å²) >= 11 is 1.72. The number of hydrogen-bond donors (Lipinski definition) is 0. The summed E-state index contributed by atoms with van der Waals surface area (Å²) in [7, 11) is 0. The number of aromatic nitrogens is 2. The monoisotopic (exact) mass is 165 g/mol. The fraction of sp³-hybridized carbons (Fsp3) is 0.286. The van der Waals surface area contributed by atoms with E-state index in [1.807, 2.05) is 6.07 Å². The van der Waals surface area contributed by atoms with E-state index in [-0.39, 0.29) is 0 Å². The Morgan fingerprint density at radius 1 is 1.27 bits per heavy atom. The largest absolute Gasteiger partial charge is 0.274 e. The minimum atomic E-state index is 0.759. The SMILES string of the molecule is c1cnc(C2=NCCS2)nc1. The third kappa shape index (κ3) is 1.40. The van der Waals surface area contributed by atoms with Gasteiger partial charge in [0.15, 0.2) is 5.82 Å². The summed E-state index contributed by atoms with van der Waals surface area (Å²) in [6.45, 7) is 0.901. The molecule has 0 radical (unpaired) electrons. The van der Waals surface area contributed by atoms with Gasteiger partial charge in [-0.3, -0.25) is 4.99 Å². The average molecular weight is 165 g/mol. The van der Waals surface area contributed by atoms with E-state index < -0.39 is 0 Å². The summed E-state index contributed by atoms with van der Waals surface area (Å²) in [5.74, 6) is 1.82. The molecular formula is C7H7N3S. The Morgan fingerprint density at radius 3 is 2.73 bits per heavy atom. The van der Waals surface area contributed by atoms with Crippen molar-refractivity contribution in [2.75, 3.05) is 12.3 Å². The zero-order chi connectivity index (χ0) is 7.52. The average Bonchev–Trinajstić information content (AvgIpc) is 2.58. The van der Waals surface area contributed by atoms with Crippen LogP contribution < -0.4 is 0 Å². The van der Waals surface area contributed by atoms with E-state index in [4.69, 9.17) is 0 Å². The second kappa shape index (κ2) is 3.00. The molecule has 4 heteroatoms. The lowest BCUT2D eigenvalue weighted by atomic mass is 10.6. The van der Waals surface area contributed by atoms with E-state index in [0.29, 0.717) is 0 Å². The first-order chi connectivity index (χ1) is 5.47. The number of nitrogens with zero attached hydrogens (tertiary/aromatic N) is 3. The molecule has 0 spiro atoms. The van der Waals surface area contributed by atoms with Crippen molar-refractivity contribution < 1.29 is 0 Å². The topological polar surface area (TPSA) is 38.1 Å². The highest BCUT2D eigenvalue weighted by Gasteiger charge is 2.10. The van der Waals surface area contributed by atoms with Gasteiger partial charge in [-0.25, -0.2) is 9.97 Å². The van der Waals surface area contributed by atoms with Crippen LogP contribution in [0.2, 0.25) is 0 Å². The lowest BCUT2D eigenvalue weighted by Crippen LogP contribution is -1.98. The van der Waals surface area contributed by atoms with Crippen molar-refractivity contribution in [3.05, 3.63) is 24.3 Å². The summed E-state index contributed by atoms with van der Waals surface area (Å²) in [5, 5.41) is 0.977. The van der Waals surface area contributed by atoms with Gasteiger partial charge in [0.25, 0.3) is 0 Å². The van der Waals surface area contributed by atoms with Crippen LogP contribution in [0.25, 0.3) is 0 Å². The molecule has 1 aliphatic rings. The van der Waals surface area contributed by atoms with Crippen LogP contribution in [-0.2, 0) is 0 Å². The molecule has 1 aromatic heterocycles. The Kier molecular flexibility index (Phi) is 1.85. The zero-order valence-corrected chi connectivity index (χ0v) is 6.71. The molecule has 56 valence electrons. The maximum Gasteiger partial charge on any atom is 0.184 e. The first-order valence-electron chi connectivity index (χ1n) is 3.41. The van der Waals surface area contributed by atoms with Gasteiger partial charge in [0.1, 0.15) is 5.04 Å². The summed E-state index contributed by atoms with van der Waals surface area (Å²) in [5.41, 5.74) is 0.